The number of carbonyl (C=O) groups excluding carboxylic acids is 2. The summed E-state index contributed by atoms with van der Waals surface area (Å²) >= 11 is 0. The van der Waals surface area contributed by atoms with Crippen LogP contribution in [0, 0.1) is 5.82 Å². The average Bonchev–Trinajstić information content (AvgIpc) is 3.06. The van der Waals surface area contributed by atoms with E-state index in [1.165, 1.54) is 13.0 Å². The number of benzene rings is 1. The van der Waals surface area contributed by atoms with Gasteiger partial charge >= 0.3 is 0 Å². The Morgan fingerprint density at radius 3 is 2.67 bits per heavy atom. The summed E-state index contributed by atoms with van der Waals surface area (Å²) in [6.07, 6.45) is 2.17. The number of amides is 2. The predicted molar refractivity (Wildman–Crippen MR) is 87.5 cm³/mol. The lowest BCUT2D eigenvalue weighted by molar-refractivity contribution is -0.130. The fourth-order valence-corrected chi connectivity index (χ4v) is 2.30. The molecule has 0 aliphatic rings. The molecule has 0 saturated carbocycles. The van der Waals surface area contributed by atoms with Crippen LogP contribution >= 0.6 is 0 Å². The highest BCUT2D eigenvalue weighted by Crippen LogP contribution is 2.07. The molecule has 0 atom stereocenters. The molecule has 128 valence electrons. The minimum absolute atomic E-state index is 0.120. The molecule has 2 rings (SSSR count). The number of nitrogens with zero attached hydrogens (tertiary/aromatic N) is 1. The Hall–Kier alpha value is -2.63. The van der Waals surface area contributed by atoms with E-state index in [1.807, 2.05) is 0 Å². The fourth-order valence-electron chi connectivity index (χ4n) is 2.30. The Morgan fingerprint density at radius 1 is 1.21 bits per heavy atom. The van der Waals surface area contributed by atoms with Gasteiger partial charge in [0, 0.05) is 26.4 Å². The standard InChI is InChI=1S/C18H21FN2O3/c1-14(22)21(13-16-6-4-12-24-16)11-9-18(23)20-10-8-15-5-2-3-7-17(15)19/h2-7,12H,8-11,13H2,1H3,(H,20,23). The van der Waals surface area contributed by atoms with Crippen molar-refractivity contribution >= 4 is 11.8 Å². The van der Waals surface area contributed by atoms with E-state index in [0.29, 0.717) is 37.4 Å². The third kappa shape index (κ3) is 5.53. The number of furan rings is 1. The summed E-state index contributed by atoms with van der Waals surface area (Å²) in [5.74, 6) is 0.112. The maximum absolute atomic E-state index is 13.5. The van der Waals surface area contributed by atoms with E-state index >= 15 is 0 Å². The first-order valence-electron chi connectivity index (χ1n) is 7.84. The minimum atomic E-state index is -0.270. The largest absolute Gasteiger partial charge is 0.467 e. The Kier molecular flexibility index (Phi) is 6.54. The first kappa shape index (κ1) is 17.7. The fraction of sp³-hybridized carbons (Fsp3) is 0.333. The Bertz CT molecular complexity index is 671. The second-order valence-corrected chi connectivity index (χ2v) is 5.46. The summed E-state index contributed by atoms with van der Waals surface area (Å²) in [7, 11) is 0. The summed E-state index contributed by atoms with van der Waals surface area (Å²) < 4.78 is 18.7. The zero-order valence-electron chi connectivity index (χ0n) is 13.6. The van der Waals surface area contributed by atoms with E-state index in [1.54, 1.807) is 41.5 Å². The molecule has 0 saturated heterocycles. The van der Waals surface area contributed by atoms with E-state index in [0.717, 1.165) is 0 Å². The van der Waals surface area contributed by atoms with Gasteiger partial charge < -0.3 is 14.6 Å². The second-order valence-electron chi connectivity index (χ2n) is 5.46. The van der Waals surface area contributed by atoms with Gasteiger partial charge in [-0.05, 0) is 30.2 Å². The van der Waals surface area contributed by atoms with Crippen molar-refractivity contribution in [1.82, 2.24) is 10.2 Å². The van der Waals surface area contributed by atoms with E-state index in [9.17, 15) is 14.0 Å². The van der Waals surface area contributed by atoms with Crippen molar-refractivity contribution in [3.05, 3.63) is 59.8 Å². The molecular weight excluding hydrogens is 311 g/mol. The number of halogens is 1. The maximum atomic E-state index is 13.5. The number of carbonyl (C=O) groups is 2. The van der Waals surface area contributed by atoms with Crippen LogP contribution in [-0.2, 0) is 22.6 Å². The SMILES string of the molecule is CC(=O)N(CCC(=O)NCCc1ccccc1F)Cc1ccco1. The first-order valence-corrected chi connectivity index (χ1v) is 7.84. The highest BCUT2D eigenvalue weighted by atomic mass is 19.1. The van der Waals surface area contributed by atoms with Gasteiger partial charge in [0.05, 0.1) is 12.8 Å². The topological polar surface area (TPSA) is 62.6 Å². The highest BCUT2D eigenvalue weighted by molar-refractivity contribution is 5.78. The lowest BCUT2D eigenvalue weighted by Gasteiger charge is -2.19. The Balaban J connectivity index is 1.73. The van der Waals surface area contributed by atoms with Crippen molar-refractivity contribution in [1.29, 1.82) is 0 Å². The molecule has 1 N–H and O–H groups in total. The number of nitrogens with one attached hydrogen (secondary N) is 1. The van der Waals surface area contributed by atoms with Crippen molar-refractivity contribution in [2.24, 2.45) is 0 Å². The Labute approximate surface area is 140 Å². The summed E-state index contributed by atoms with van der Waals surface area (Å²) in [6, 6.07) is 10.0. The average molecular weight is 332 g/mol. The van der Waals surface area contributed by atoms with Gasteiger partial charge in [0.2, 0.25) is 11.8 Å². The van der Waals surface area contributed by atoms with Gasteiger partial charge in [0.15, 0.2) is 0 Å². The third-order valence-corrected chi connectivity index (χ3v) is 3.66. The molecule has 2 amide bonds. The van der Waals surface area contributed by atoms with Gasteiger partial charge in [-0.15, -0.1) is 0 Å². The zero-order chi connectivity index (χ0) is 17.4. The van der Waals surface area contributed by atoms with Crippen LogP contribution in [0.25, 0.3) is 0 Å². The molecule has 0 fully saturated rings. The molecule has 0 spiro atoms. The zero-order valence-corrected chi connectivity index (χ0v) is 13.6. The molecule has 0 radical (unpaired) electrons. The smallest absolute Gasteiger partial charge is 0.221 e. The molecule has 1 aromatic carbocycles. The number of hydrogen-bond donors (Lipinski definition) is 1. The van der Waals surface area contributed by atoms with Crippen LogP contribution in [0.3, 0.4) is 0 Å². The normalized spacial score (nSPS) is 10.4. The van der Waals surface area contributed by atoms with Crippen LogP contribution in [0.15, 0.2) is 47.1 Å². The van der Waals surface area contributed by atoms with Crippen molar-refractivity contribution in [2.45, 2.75) is 26.3 Å². The quantitative estimate of drug-likeness (QED) is 0.808. The summed E-state index contributed by atoms with van der Waals surface area (Å²) in [5.41, 5.74) is 0.570. The summed E-state index contributed by atoms with van der Waals surface area (Å²) in [4.78, 5) is 25.1. The predicted octanol–water partition coefficient (Wildman–Crippen LogP) is 2.52. The Morgan fingerprint density at radius 2 is 2.00 bits per heavy atom. The van der Waals surface area contributed by atoms with Gasteiger partial charge in [-0.3, -0.25) is 9.59 Å². The third-order valence-electron chi connectivity index (χ3n) is 3.66. The maximum Gasteiger partial charge on any atom is 0.221 e. The van der Waals surface area contributed by atoms with Gasteiger partial charge in [0.1, 0.15) is 11.6 Å². The van der Waals surface area contributed by atoms with Gasteiger partial charge in [0.25, 0.3) is 0 Å². The molecule has 1 aromatic heterocycles. The van der Waals surface area contributed by atoms with Crippen LogP contribution in [-0.4, -0.2) is 29.8 Å². The van der Waals surface area contributed by atoms with Crippen molar-refractivity contribution in [2.75, 3.05) is 13.1 Å². The molecule has 6 heteroatoms. The second kappa shape index (κ2) is 8.86. The van der Waals surface area contributed by atoms with E-state index in [4.69, 9.17) is 4.42 Å². The molecule has 0 aliphatic heterocycles. The van der Waals surface area contributed by atoms with E-state index in [2.05, 4.69) is 5.32 Å². The van der Waals surface area contributed by atoms with Crippen LogP contribution < -0.4 is 5.32 Å². The first-order chi connectivity index (χ1) is 11.6. The summed E-state index contributed by atoms with van der Waals surface area (Å²) in [6.45, 7) is 2.46. The number of rotatable bonds is 8. The molecule has 24 heavy (non-hydrogen) atoms. The van der Waals surface area contributed by atoms with Gasteiger partial charge in [-0.25, -0.2) is 4.39 Å². The number of hydrogen-bond acceptors (Lipinski definition) is 3. The van der Waals surface area contributed by atoms with Crippen LogP contribution in [0.4, 0.5) is 4.39 Å². The van der Waals surface area contributed by atoms with Crippen molar-refractivity contribution in [3.63, 3.8) is 0 Å². The molecule has 5 nitrogen and oxygen atoms in total. The van der Waals surface area contributed by atoms with Gasteiger partial charge in [-0.1, -0.05) is 18.2 Å². The molecule has 0 unspecified atom stereocenters. The van der Waals surface area contributed by atoms with Crippen LogP contribution in [0.2, 0.25) is 0 Å². The summed E-state index contributed by atoms with van der Waals surface area (Å²) in [5, 5.41) is 2.74. The molecule has 0 aliphatic carbocycles. The molecule has 2 aromatic rings. The van der Waals surface area contributed by atoms with Crippen molar-refractivity contribution < 1.29 is 18.4 Å². The van der Waals surface area contributed by atoms with Crippen LogP contribution in [0.1, 0.15) is 24.7 Å². The highest BCUT2D eigenvalue weighted by Gasteiger charge is 2.13. The van der Waals surface area contributed by atoms with E-state index in [-0.39, 0.29) is 24.1 Å². The van der Waals surface area contributed by atoms with Gasteiger partial charge in [-0.2, -0.15) is 0 Å². The monoisotopic (exact) mass is 332 g/mol. The molecule has 1 heterocycles. The van der Waals surface area contributed by atoms with E-state index < -0.39 is 0 Å². The van der Waals surface area contributed by atoms with Crippen molar-refractivity contribution in [3.8, 4) is 0 Å². The lowest BCUT2D eigenvalue weighted by atomic mass is 10.1. The lowest BCUT2D eigenvalue weighted by Crippen LogP contribution is -2.34. The minimum Gasteiger partial charge on any atom is -0.467 e. The van der Waals surface area contributed by atoms with Crippen LogP contribution in [0.5, 0.6) is 0 Å². The molecule has 0 bridgehead atoms. The molecular formula is C18H21FN2O3.